The topological polar surface area (TPSA) is 40.5 Å². The maximum atomic E-state index is 13.1. The highest BCUT2D eigenvalue weighted by Crippen LogP contribution is 2.44. The zero-order valence-electron chi connectivity index (χ0n) is 12.2. The van der Waals surface area contributed by atoms with Crippen LogP contribution in [0.15, 0.2) is 24.3 Å². The molecule has 4 heteroatoms. The fourth-order valence-corrected chi connectivity index (χ4v) is 3.33. The van der Waals surface area contributed by atoms with Gasteiger partial charge in [-0.3, -0.25) is 4.79 Å². The van der Waals surface area contributed by atoms with Crippen LogP contribution in [-0.2, 0) is 4.79 Å². The monoisotopic (exact) mass is 291 g/mol. The Morgan fingerprint density at radius 3 is 2.62 bits per heavy atom. The molecule has 0 bridgehead atoms. The third-order valence-electron chi connectivity index (χ3n) is 4.68. The lowest BCUT2D eigenvalue weighted by molar-refractivity contribution is -0.135. The van der Waals surface area contributed by atoms with Crippen molar-refractivity contribution in [2.24, 2.45) is 11.8 Å². The molecule has 2 fully saturated rings. The van der Waals surface area contributed by atoms with Crippen LogP contribution in [0.5, 0.6) is 0 Å². The van der Waals surface area contributed by atoms with Crippen LogP contribution in [0.4, 0.5) is 4.39 Å². The lowest BCUT2D eigenvalue weighted by atomic mass is 9.90. The van der Waals surface area contributed by atoms with Crippen molar-refractivity contribution < 1.29 is 14.3 Å². The van der Waals surface area contributed by atoms with Crippen molar-refractivity contribution in [3.63, 3.8) is 0 Å². The molecule has 3 nitrogen and oxygen atoms in total. The SMILES string of the molecule is O=C(C(c1ccc(F)cc1)C1CC1)N1CCCC(CO)C1. The zero-order valence-corrected chi connectivity index (χ0v) is 12.2. The Morgan fingerprint density at radius 2 is 2.00 bits per heavy atom. The Kier molecular flexibility index (Phi) is 4.24. The second kappa shape index (κ2) is 6.14. The van der Waals surface area contributed by atoms with Gasteiger partial charge in [0, 0.05) is 19.7 Å². The van der Waals surface area contributed by atoms with Crippen LogP contribution in [0.25, 0.3) is 0 Å². The Morgan fingerprint density at radius 1 is 1.29 bits per heavy atom. The summed E-state index contributed by atoms with van der Waals surface area (Å²) in [4.78, 5) is 14.8. The van der Waals surface area contributed by atoms with Gasteiger partial charge in [-0.25, -0.2) is 4.39 Å². The average Bonchev–Trinajstić information content (AvgIpc) is 3.34. The van der Waals surface area contributed by atoms with Crippen LogP contribution >= 0.6 is 0 Å². The third kappa shape index (κ3) is 3.26. The van der Waals surface area contributed by atoms with Gasteiger partial charge in [0.15, 0.2) is 0 Å². The van der Waals surface area contributed by atoms with E-state index in [2.05, 4.69) is 0 Å². The highest BCUT2D eigenvalue weighted by atomic mass is 19.1. The highest BCUT2D eigenvalue weighted by molar-refractivity contribution is 5.84. The molecule has 21 heavy (non-hydrogen) atoms. The van der Waals surface area contributed by atoms with Gasteiger partial charge in [-0.1, -0.05) is 12.1 Å². The van der Waals surface area contributed by atoms with E-state index in [0.29, 0.717) is 12.5 Å². The number of piperidine rings is 1. The summed E-state index contributed by atoms with van der Waals surface area (Å²) in [6.45, 7) is 1.58. The van der Waals surface area contributed by atoms with Crippen molar-refractivity contribution in [3.8, 4) is 0 Å². The summed E-state index contributed by atoms with van der Waals surface area (Å²) in [5.41, 5.74) is 0.926. The Labute approximate surface area is 124 Å². The molecule has 0 aromatic heterocycles. The number of carbonyl (C=O) groups excluding carboxylic acids is 1. The molecule has 3 rings (SSSR count). The van der Waals surface area contributed by atoms with Crippen LogP contribution in [0.1, 0.15) is 37.2 Å². The maximum Gasteiger partial charge on any atom is 0.230 e. The second-order valence-corrected chi connectivity index (χ2v) is 6.34. The van der Waals surface area contributed by atoms with E-state index >= 15 is 0 Å². The number of amides is 1. The number of halogens is 1. The van der Waals surface area contributed by atoms with E-state index in [1.807, 2.05) is 4.90 Å². The summed E-state index contributed by atoms with van der Waals surface area (Å²) < 4.78 is 13.1. The highest BCUT2D eigenvalue weighted by Gasteiger charge is 2.40. The van der Waals surface area contributed by atoms with Gasteiger partial charge in [0.2, 0.25) is 5.91 Å². The molecule has 114 valence electrons. The molecule has 1 amide bonds. The van der Waals surface area contributed by atoms with E-state index in [4.69, 9.17) is 0 Å². The molecule has 2 aliphatic rings. The van der Waals surface area contributed by atoms with Crippen LogP contribution in [0.3, 0.4) is 0 Å². The van der Waals surface area contributed by atoms with Crippen LogP contribution < -0.4 is 0 Å². The molecule has 1 N–H and O–H groups in total. The van der Waals surface area contributed by atoms with Gasteiger partial charge in [-0.2, -0.15) is 0 Å². The van der Waals surface area contributed by atoms with Crippen molar-refractivity contribution in [2.75, 3.05) is 19.7 Å². The molecule has 0 spiro atoms. The minimum absolute atomic E-state index is 0.136. The molecular formula is C17H22FNO2. The lowest BCUT2D eigenvalue weighted by Gasteiger charge is -2.34. The second-order valence-electron chi connectivity index (χ2n) is 6.34. The minimum atomic E-state index is -0.265. The molecule has 1 heterocycles. The van der Waals surface area contributed by atoms with E-state index in [1.54, 1.807) is 12.1 Å². The van der Waals surface area contributed by atoms with Gasteiger partial charge in [-0.15, -0.1) is 0 Å². The summed E-state index contributed by atoms with van der Waals surface area (Å²) in [6.07, 6.45) is 4.10. The third-order valence-corrected chi connectivity index (χ3v) is 4.68. The molecule has 1 aromatic carbocycles. The molecule has 0 radical (unpaired) electrons. The van der Waals surface area contributed by atoms with Crippen molar-refractivity contribution in [1.82, 2.24) is 4.90 Å². The number of aliphatic hydroxyl groups is 1. The van der Waals surface area contributed by atoms with E-state index in [0.717, 1.165) is 37.8 Å². The van der Waals surface area contributed by atoms with E-state index in [-0.39, 0.29) is 30.2 Å². The fraction of sp³-hybridized carbons (Fsp3) is 0.588. The maximum absolute atomic E-state index is 13.1. The zero-order chi connectivity index (χ0) is 14.8. The predicted octanol–water partition coefficient (Wildman–Crippen LogP) is 2.55. The predicted molar refractivity (Wildman–Crippen MR) is 78.3 cm³/mol. The first-order chi connectivity index (χ1) is 10.2. The van der Waals surface area contributed by atoms with Crippen LogP contribution in [-0.4, -0.2) is 35.6 Å². The van der Waals surface area contributed by atoms with E-state index in [1.165, 1.54) is 12.1 Å². The number of likely N-dealkylation sites (tertiary alicyclic amines) is 1. The number of nitrogens with zero attached hydrogens (tertiary/aromatic N) is 1. The number of hydrogen-bond donors (Lipinski definition) is 1. The summed E-state index contributed by atoms with van der Waals surface area (Å²) >= 11 is 0. The van der Waals surface area contributed by atoms with Gasteiger partial charge in [-0.05, 0) is 55.2 Å². The molecule has 2 atom stereocenters. The summed E-state index contributed by atoms with van der Waals surface area (Å²) in [5, 5.41) is 9.32. The fourth-order valence-electron chi connectivity index (χ4n) is 3.33. The van der Waals surface area contributed by atoms with Crippen molar-refractivity contribution >= 4 is 5.91 Å². The normalized spacial score (nSPS) is 23.9. The number of rotatable bonds is 4. The molecule has 1 aliphatic heterocycles. The first-order valence-electron chi connectivity index (χ1n) is 7.84. The van der Waals surface area contributed by atoms with Crippen LogP contribution in [0, 0.1) is 17.7 Å². The molecule has 1 aliphatic carbocycles. The quantitative estimate of drug-likeness (QED) is 0.926. The Bertz CT molecular complexity index is 498. The Balaban J connectivity index is 1.77. The number of benzene rings is 1. The molecule has 1 aromatic rings. The first kappa shape index (κ1) is 14.5. The number of aliphatic hydroxyl groups excluding tert-OH is 1. The molecule has 1 saturated heterocycles. The smallest absolute Gasteiger partial charge is 0.230 e. The van der Waals surface area contributed by atoms with Crippen LogP contribution in [0.2, 0.25) is 0 Å². The number of hydrogen-bond acceptors (Lipinski definition) is 2. The van der Waals surface area contributed by atoms with Crippen molar-refractivity contribution in [2.45, 2.75) is 31.6 Å². The van der Waals surface area contributed by atoms with Crippen molar-refractivity contribution in [3.05, 3.63) is 35.6 Å². The van der Waals surface area contributed by atoms with Gasteiger partial charge in [0.05, 0.1) is 5.92 Å². The molecule has 1 saturated carbocycles. The van der Waals surface area contributed by atoms with E-state index in [9.17, 15) is 14.3 Å². The summed E-state index contributed by atoms with van der Waals surface area (Å²) in [6, 6.07) is 6.35. The van der Waals surface area contributed by atoms with Gasteiger partial charge in [0.25, 0.3) is 0 Å². The standard InChI is InChI=1S/C17H22FNO2/c18-15-7-5-14(6-8-15)16(13-3-4-13)17(21)19-9-1-2-12(10-19)11-20/h5-8,12-13,16,20H,1-4,9-11H2. The van der Waals surface area contributed by atoms with Gasteiger partial charge >= 0.3 is 0 Å². The summed E-state index contributed by atoms with van der Waals surface area (Å²) in [7, 11) is 0. The minimum Gasteiger partial charge on any atom is -0.396 e. The Hall–Kier alpha value is -1.42. The summed E-state index contributed by atoms with van der Waals surface area (Å²) in [5.74, 6) is 0.359. The largest absolute Gasteiger partial charge is 0.396 e. The van der Waals surface area contributed by atoms with Crippen molar-refractivity contribution in [1.29, 1.82) is 0 Å². The van der Waals surface area contributed by atoms with Gasteiger partial charge in [0.1, 0.15) is 5.82 Å². The van der Waals surface area contributed by atoms with Gasteiger partial charge < -0.3 is 10.0 Å². The average molecular weight is 291 g/mol. The molecular weight excluding hydrogens is 269 g/mol. The number of carbonyl (C=O) groups is 1. The molecule has 2 unspecified atom stereocenters. The van der Waals surface area contributed by atoms with E-state index < -0.39 is 0 Å². The first-order valence-corrected chi connectivity index (χ1v) is 7.84. The lowest BCUT2D eigenvalue weighted by Crippen LogP contribution is -2.43.